The molecule has 0 fully saturated rings. The summed E-state index contributed by atoms with van der Waals surface area (Å²) >= 11 is 3.30. The summed E-state index contributed by atoms with van der Waals surface area (Å²) in [6.07, 6.45) is 2.57. The van der Waals surface area contributed by atoms with Crippen molar-refractivity contribution >= 4 is 38.8 Å². The van der Waals surface area contributed by atoms with E-state index in [2.05, 4.69) is 20.9 Å². The van der Waals surface area contributed by atoms with E-state index in [1.165, 1.54) is 24.6 Å². The van der Waals surface area contributed by atoms with Crippen molar-refractivity contribution in [2.45, 2.75) is 0 Å². The Hall–Kier alpha value is -2.47. The minimum atomic E-state index is -0.563. The van der Waals surface area contributed by atoms with Gasteiger partial charge in [0, 0.05) is 16.8 Å². The Morgan fingerprint density at radius 3 is 2.82 bits per heavy atom. The molecule has 0 bridgehead atoms. The van der Waals surface area contributed by atoms with Gasteiger partial charge in [0.05, 0.1) is 10.9 Å². The molecule has 0 unspecified atom stereocenters. The molecule has 1 heterocycles. The van der Waals surface area contributed by atoms with E-state index in [1.807, 2.05) is 0 Å². The van der Waals surface area contributed by atoms with Gasteiger partial charge < -0.3 is 9.52 Å². The Bertz CT molecular complexity index is 950. The normalized spacial score (nSPS) is 11.4. The molecule has 0 radical (unpaired) electrons. The lowest BCUT2D eigenvalue weighted by Gasteiger charge is -2.00. The van der Waals surface area contributed by atoms with Gasteiger partial charge >= 0.3 is 0 Å². The molecule has 22 heavy (non-hydrogen) atoms. The van der Waals surface area contributed by atoms with Crippen LogP contribution < -0.4 is 5.43 Å². The maximum atomic E-state index is 12.9. The highest BCUT2D eigenvalue weighted by Crippen LogP contribution is 2.26. The third-order valence-corrected chi connectivity index (χ3v) is 3.53. The molecule has 0 spiro atoms. The Labute approximate surface area is 132 Å². The van der Waals surface area contributed by atoms with Gasteiger partial charge in [0.15, 0.2) is 0 Å². The smallest absolute Gasteiger partial charge is 0.201 e. The van der Waals surface area contributed by atoms with Crippen LogP contribution in [0.25, 0.3) is 11.0 Å². The molecule has 6 heteroatoms. The number of rotatable bonds is 2. The first kappa shape index (κ1) is 14.5. The third-order valence-electron chi connectivity index (χ3n) is 3.04. The molecule has 0 saturated heterocycles. The first-order chi connectivity index (χ1) is 10.5. The van der Waals surface area contributed by atoms with Crippen molar-refractivity contribution in [1.82, 2.24) is 0 Å². The van der Waals surface area contributed by atoms with Crippen LogP contribution in [0.4, 0.5) is 10.1 Å². The van der Waals surface area contributed by atoms with E-state index in [9.17, 15) is 14.3 Å². The molecule has 0 aliphatic rings. The summed E-state index contributed by atoms with van der Waals surface area (Å²) in [5, 5.41) is 10.0. The van der Waals surface area contributed by atoms with Crippen LogP contribution in [0.1, 0.15) is 5.56 Å². The fourth-order valence-corrected chi connectivity index (χ4v) is 2.31. The van der Waals surface area contributed by atoms with Gasteiger partial charge in [0.1, 0.15) is 29.1 Å². The van der Waals surface area contributed by atoms with E-state index in [0.29, 0.717) is 11.0 Å². The monoisotopic (exact) mass is 361 g/mol. The molecule has 0 aliphatic carbocycles. The Morgan fingerprint density at radius 1 is 1.23 bits per heavy atom. The van der Waals surface area contributed by atoms with Crippen LogP contribution in [0.2, 0.25) is 0 Å². The topological polar surface area (TPSA) is 62.8 Å². The Balaban J connectivity index is 2.05. The molecular weight excluding hydrogens is 353 g/mol. The molecule has 2 aromatic carbocycles. The standard InChI is InChI=1S/C16H9BrFNO3/c17-10-1-4-15-12(5-10)16(21)9(8-22-15)7-19-13-3-2-11(18)6-14(13)20/h1-8,20H. The predicted octanol–water partition coefficient (Wildman–Crippen LogP) is 4.15. The zero-order chi connectivity index (χ0) is 15.7. The molecule has 0 atom stereocenters. The van der Waals surface area contributed by atoms with Crippen molar-refractivity contribution in [2.24, 2.45) is 4.99 Å². The van der Waals surface area contributed by atoms with Gasteiger partial charge in [-0.2, -0.15) is 0 Å². The molecular formula is C16H9BrFNO3. The Kier molecular flexibility index (Phi) is 3.77. The number of nitrogens with zero attached hydrogens (tertiary/aromatic N) is 1. The van der Waals surface area contributed by atoms with Gasteiger partial charge in [-0.3, -0.25) is 9.79 Å². The quantitative estimate of drug-likeness (QED) is 0.697. The summed E-state index contributed by atoms with van der Waals surface area (Å²) in [6, 6.07) is 8.57. The fraction of sp³-hybridized carbons (Fsp3) is 0. The van der Waals surface area contributed by atoms with Crippen molar-refractivity contribution in [3.05, 3.63) is 68.7 Å². The van der Waals surface area contributed by atoms with Gasteiger partial charge in [0.25, 0.3) is 0 Å². The summed E-state index contributed by atoms with van der Waals surface area (Å²) in [5.74, 6) is -0.865. The molecule has 1 aromatic heterocycles. The molecule has 3 aromatic rings. The molecule has 0 amide bonds. The van der Waals surface area contributed by atoms with E-state index >= 15 is 0 Å². The van der Waals surface area contributed by atoms with Crippen molar-refractivity contribution in [1.29, 1.82) is 0 Å². The largest absolute Gasteiger partial charge is 0.506 e. The summed E-state index contributed by atoms with van der Waals surface area (Å²) in [4.78, 5) is 16.3. The summed E-state index contributed by atoms with van der Waals surface area (Å²) in [7, 11) is 0. The van der Waals surface area contributed by atoms with Crippen LogP contribution >= 0.6 is 15.9 Å². The zero-order valence-corrected chi connectivity index (χ0v) is 12.7. The van der Waals surface area contributed by atoms with Crippen LogP contribution in [0.3, 0.4) is 0 Å². The lowest BCUT2D eigenvalue weighted by Crippen LogP contribution is -2.07. The minimum absolute atomic E-state index is 0.162. The fourth-order valence-electron chi connectivity index (χ4n) is 1.95. The highest BCUT2D eigenvalue weighted by Gasteiger charge is 2.06. The van der Waals surface area contributed by atoms with E-state index in [1.54, 1.807) is 18.2 Å². The van der Waals surface area contributed by atoms with Crippen molar-refractivity contribution in [2.75, 3.05) is 0 Å². The number of phenolic OH excluding ortho intramolecular Hbond substituents is 1. The van der Waals surface area contributed by atoms with Gasteiger partial charge in [-0.15, -0.1) is 0 Å². The highest BCUT2D eigenvalue weighted by atomic mass is 79.9. The maximum absolute atomic E-state index is 12.9. The maximum Gasteiger partial charge on any atom is 0.201 e. The van der Waals surface area contributed by atoms with Gasteiger partial charge in [0.2, 0.25) is 5.43 Å². The minimum Gasteiger partial charge on any atom is -0.506 e. The zero-order valence-electron chi connectivity index (χ0n) is 11.1. The number of fused-ring (bicyclic) bond motifs is 1. The number of phenols is 1. The second-order valence-electron chi connectivity index (χ2n) is 4.55. The Morgan fingerprint density at radius 2 is 2.05 bits per heavy atom. The second-order valence-corrected chi connectivity index (χ2v) is 5.47. The highest BCUT2D eigenvalue weighted by molar-refractivity contribution is 9.10. The summed E-state index contributed by atoms with van der Waals surface area (Å²) in [5.41, 5.74) is 0.618. The number of hydrogen-bond donors (Lipinski definition) is 1. The number of aromatic hydroxyl groups is 1. The molecule has 110 valence electrons. The number of benzene rings is 2. The molecule has 0 saturated carbocycles. The van der Waals surface area contributed by atoms with Gasteiger partial charge in [-0.1, -0.05) is 15.9 Å². The van der Waals surface area contributed by atoms with Crippen molar-refractivity contribution in [3.8, 4) is 5.75 Å². The predicted molar refractivity (Wildman–Crippen MR) is 85.5 cm³/mol. The second kappa shape index (κ2) is 5.73. The van der Waals surface area contributed by atoms with Crippen molar-refractivity contribution < 1.29 is 13.9 Å². The lowest BCUT2D eigenvalue weighted by molar-refractivity contribution is 0.471. The number of aliphatic imine (C=N–C) groups is 1. The van der Waals surface area contributed by atoms with Crippen LogP contribution in [0.5, 0.6) is 5.75 Å². The third kappa shape index (κ3) is 2.78. The van der Waals surface area contributed by atoms with E-state index in [-0.39, 0.29) is 22.4 Å². The first-order valence-electron chi connectivity index (χ1n) is 6.28. The average molecular weight is 362 g/mol. The van der Waals surface area contributed by atoms with Crippen molar-refractivity contribution in [3.63, 3.8) is 0 Å². The van der Waals surface area contributed by atoms with E-state index < -0.39 is 5.82 Å². The van der Waals surface area contributed by atoms with Gasteiger partial charge in [-0.05, 0) is 30.3 Å². The average Bonchev–Trinajstić information content (AvgIpc) is 2.49. The number of hydrogen-bond acceptors (Lipinski definition) is 4. The SMILES string of the molecule is O=c1c(C=Nc2ccc(F)cc2O)coc2ccc(Br)cc12. The van der Waals surface area contributed by atoms with Crippen LogP contribution in [0, 0.1) is 5.82 Å². The van der Waals surface area contributed by atoms with Gasteiger partial charge in [-0.25, -0.2) is 4.39 Å². The molecule has 1 N–H and O–H groups in total. The van der Waals surface area contributed by atoms with E-state index in [0.717, 1.165) is 10.5 Å². The van der Waals surface area contributed by atoms with Crippen LogP contribution in [-0.2, 0) is 0 Å². The molecule has 0 aliphatic heterocycles. The van der Waals surface area contributed by atoms with Crippen LogP contribution in [-0.4, -0.2) is 11.3 Å². The summed E-state index contributed by atoms with van der Waals surface area (Å²) < 4.78 is 19.0. The van der Waals surface area contributed by atoms with Crippen LogP contribution in [0.15, 0.2) is 61.3 Å². The lowest BCUT2D eigenvalue weighted by atomic mass is 10.2. The molecule has 4 nitrogen and oxygen atoms in total. The number of halogens is 2. The first-order valence-corrected chi connectivity index (χ1v) is 7.07. The summed E-state index contributed by atoms with van der Waals surface area (Å²) in [6.45, 7) is 0. The molecule has 3 rings (SSSR count). The van der Waals surface area contributed by atoms with E-state index in [4.69, 9.17) is 4.42 Å².